The first-order chi connectivity index (χ1) is 14.3. The van der Waals surface area contributed by atoms with Gasteiger partial charge in [0.25, 0.3) is 0 Å². The van der Waals surface area contributed by atoms with Crippen LogP contribution < -0.4 is 16.0 Å². The highest BCUT2D eigenvalue weighted by Crippen LogP contribution is 2.24. The molecule has 1 amide bonds. The summed E-state index contributed by atoms with van der Waals surface area (Å²) in [4.78, 5) is 23.0. The van der Waals surface area contributed by atoms with Crippen molar-refractivity contribution >= 4 is 17.6 Å². The van der Waals surface area contributed by atoms with Gasteiger partial charge in [0.15, 0.2) is 5.96 Å². The Kier molecular flexibility index (Phi) is 8.06. The summed E-state index contributed by atoms with van der Waals surface area (Å²) >= 11 is 0. The minimum Gasteiger partial charge on any atom is -0.468 e. The van der Waals surface area contributed by atoms with Crippen LogP contribution in [0.15, 0.2) is 52.3 Å². The molecular weight excluding hydrogens is 368 g/mol. The number of rotatable bonds is 8. The molecule has 1 unspecified atom stereocenters. The molecule has 1 atom stereocenters. The van der Waals surface area contributed by atoms with Crippen LogP contribution in [0.4, 0.5) is 5.69 Å². The summed E-state index contributed by atoms with van der Waals surface area (Å²) in [6.07, 6.45) is 8.69. The predicted octanol–water partition coefficient (Wildman–Crippen LogP) is 2.40. The molecular formula is C21H30N6O2. The molecule has 2 aromatic rings. The van der Waals surface area contributed by atoms with Crippen molar-refractivity contribution in [2.75, 3.05) is 38.0 Å². The van der Waals surface area contributed by atoms with Crippen molar-refractivity contribution in [2.45, 2.75) is 32.2 Å². The third kappa shape index (κ3) is 6.60. The Morgan fingerprint density at radius 1 is 1.24 bits per heavy atom. The zero-order chi connectivity index (χ0) is 20.3. The molecule has 1 fully saturated rings. The Labute approximate surface area is 171 Å². The Hall–Kier alpha value is -2.87. The van der Waals surface area contributed by atoms with Crippen LogP contribution in [-0.4, -0.2) is 54.5 Å². The number of furan rings is 1. The summed E-state index contributed by atoms with van der Waals surface area (Å²) < 4.78 is 5.69. The Balaban J connectivity index is 1.58. The van der Waals surface area contributed by atoms with Crippen molar-refractivity contribution in [3.05, 3.63) is 48.7 Å². The molecule has 1 saturated heterocycles. The summed E-state index contributed by atoms with van der Waals surface area (Å²) in [5.41, 5.74) is 0.661. The molecule has 0 spiro atoms. The zero-order valence-corrected chi connectivity index (χ0v) is 16.9. The molecule has 0 bridgehead atoms. The number of aliphatic imine (C=N–C) groups is 1. The number of likely N-dealkylation sites (tertiary alicyclic amines) is 1. The fourth-order valence-corrected chi connectivity index (χ4v) is 3.44. The van der Waals surface area contributed by atoms with Gasteiger partial charge in [-0.15, -0.1) is 0 Å². The summed E-state index contributed by atoms with van der Waals surface area (Å²) in [5, 5.41) is 9.36. The lowest BCUT2D eigenvalue weighted by Crippen LogP contribution is -2.44. The van der Waals surface area contributed by atoms with E-state index in [9.17, 15) is 4.79 Å². The number of hydrogen-bond donors (Lipinski definition) is 3. The van der Waals surface area contributed by atoms with E-state index in [4.69, 9.17) is 4.42 Å². The van der Waals surface area contributed by atoms with E-state index < -0.39 is 0 Å². The third-order valence-electron chi connectivity index (χ3n) is 4.84. The minimum atomic E-state index is -0.186. The molecule has 156 valence electrons. The number of piperidine rings is 1. The van der Waals surface area contributed by atoms with E-state index in [2.05, 4.69) is 30.8 Å². The SMILES string of the molecule is CCNC(=NCC(=O)Nc1cccnc1)NCC(c1ccco1)N1CCCCC1. The second kappa shape index (κ2) is 11.2. The first-order valence-corrected chi connectivity index (χ1v) is 10.3. The first kappa shape index (κ1) is 20.9. The van der Waals surface area contributed by atoms with E-state index in [1.807, 2.05) is 19.1 Å². The lowest BCUT2D eigenvalue weighted by Gasteiger charge is -2.33. The van der Waals surface area contributed by atoms with E-state index in [0.717, 1.165) is 18.8 Å². The lowest BCUT2D eigenvalue weighted by molar-refractivity contribution is -0.114. The number of nitrogens with zero attached hydrogens (tertiary/aromatic N) is 3. The summed E-state index contributed by atoms with van der Waals surface area (Å²) in [6, 6.07) is 7.66. The first-order valence-electron chi connectivity index (χ1n) is 10.3. The number of guanidine groups is 1. The maximum Gasteiger partial charge on any atom is 0.246 e. The van der Waals surface area contributed by atoms with Crippen LogP contribution in [0.25, 0.3) is 0 Å². The van der Waals surface area contributed by atoms with E-state index in [-0.39, 0.29) is 18.5 Å². The van der Waals surface area contributed by atoms with Gasteiger partial charge in [0.05, 0.1) is 24.2 Å². The topological polar surface area (TPSA) is 94.8 Å². The molecule has 0 radical (unpaired) electrons. The fraction of sp³-hybridized carbons (Fsp3) is 0.476. The number of hydrogen-bond acceptors (Lipinski definition) is 5. The van der Waals surface area contributed by atoms with Gasteiger partial charge in [0.2, 0.25) is 5.91 Å². The van der Waals surface area contributed by atoms with Crippen LogP contribution in [0.1, 0.15) is 38.0 Å². The molecule has 0 saturated carbocycles. The molecule has 1 aliphatic rings. The van der Waals surface area contributed by atoms with Gasteiger partial charge in [-0.05, 0) is 57.1 Å². The molecule has 3 rings (SSSR count). The number of nitrogens with one attached hydrogen (secondary N) is 3. The van der Waals surface area contributed by atoms with Gasteiger partial charge in [-0.2, -0.15) is 0 Å². The van der Waals surface area contributed by atoms with Crippen LogP contribution in [0.3, 0.4) is 0 Å². The smallest absolute Gasteiger partial charge is 0.246 e. The summed E-state index contributed by atoms with van der Waals surface area (Å²) in [5.74, 6) is 1.38. The van der Waals surface area contributed by atoms with Gasteiger partial charge in [-0.25, -0.2) is 4.99 Å². The molecule has 8 heteroatoms. The summed E-state index contributed by atoms with van der Waals surface area (Å²) in [7, 11) is 0. The maximum absolute atomic E-state index is 12.2. The number of pyridine rings is 1. The van der Waals surface area contributed by atoms with Crippen molar-refractivity contribution in [3.8, 4) is 0 Å². The van der Waals surface area contributed by atoms with Crippen LogP contribution in [0, 0.1) is 0 Å². The highest BCUT2D eigenvalue weighted by Gasteiger charge is 2.24. The third-order valence-corrected chi connectivity index (χ3v) is 4.84. The molecule has 3 N–H and O–H groups in total. The van der Waals surface area contributed by atoms with Crippen molar-refractivity contribution in [1.29, 1.82) is 0 Å². The lowest BCUT2D eigenvalue weighted by atomic mass is 10.1. The van der Waals surface area contributed by atoms with Gasteiger partial charge in [-0.1, -0.05) is 6.42 Å². The van der Waals surface area contributed by atoms with Crippen LogP contribution in [0.2, 0.25) is 0 Å². The minimum absolute atomic E-state index is 0.0271. The number of aromatic nitrogens is 1. The molecule has 2 aromatic heterocycles. The zero-order valence-electron chi connectivity index (χ0n) is 16.9. The van der Waals surface area contributed by atoms with E-state index in [1.54, 1.807) is 30.8 Å². The van der Waals surface area contributed by atoms with Crippen LogP contribution in [-0.2, 0) is 4.79 Å². The highest BCUT2D eigenvalue weighted by molar-refractivity contribution is 5.93. The second-order valence-electron chi connectivity index (χ2n) is 6.99. The quantitative estimate of drug-likeness (QED) is 0.467. The Morgan fingerprint density at radius 2 is 2.10 bits per heavy atom. The largest absolute Gasteiger partial charge is 0.468 e. The fourth-order valence-electron chi connectivity index (χ4n) is 3.44. The van der Waals surface area contributed by atoms with E-state index in [0.29, 0.717) is 24.7 Å². The maximum atomic E-state index is 12.2. The van der Waals surface area contributed by atoms with Crippen molar-refractivity contribution in [1.82, 2.24) is 20.5 Å². The second-order valence-corrected chi connectivity index (χ2v) is 6.99. The van der Waals surface area contributed by atoms with Gasteiger partial charge < -0.3 is 20.4 Å². The average molecular weight is 399 g/mol. The number of amides is 1. The molecule has 8 nitrogen and oxygen atoms in total. The van der Waals surface area contributed by atoms with Crippen molar-refractivity contribution in [2.24, 2.45) is 4.99 Å². The monoisotopic (exact) mass is 398 g/mol. The van der Waals surface area contributed by atoms with Crippen molar-refractivity contribution < 1.29 is 9.21 Å². The van der Waals surface area contributed by atoms with Gasteiger partial charge in [0, 0.05) is 19.3 Å². The van der Waals surface area contributed by atoms with Crippen LogP contribution in [0.5, 0.6) is 0 Å². The van der Waals surface area contributed by atoms with E-state index >= 15 is 0 Å². The van der Waals surface area contributed by atoms with E-state index in [1.165, 1.54) is 19.3 Å². The predicted molar refractivity (Wildman–Crippen MR) is 114 cm³/mol. The Bertz CT molecular complexity index is 757. The Morgan fingerprint density at radius 3 is 2.79 bits per heavy atom. The highest BCUT2D eigenvalue weighted by atomic mass is 16.3. The average Bonchev–Trinajstić information content (AvgIpc) is 3.28. The van der Waals surface area contributed by atoms with Gasteiger partial charge in [0.1, 0.15) is 12.3 Å². The molecule has 1 aliphatic heterocycles. The molecule has 0 aromatic carbocycles. The van der Waals surface area contributed by atoms with Crippen LogP contribution >= 0.6 is 0 Å². The number of carbonyl (C=O) groups excluding carboxylic acids is 1. The normalized spacial score (nSPS) is 16.2. The standard InChI is InChI=1S/C21H30N6O2/c1-2-23-21(25-16-20(28)26-17-8-6-10-22-14-17)24-15-18(19-9-7-13-29-19)27-11-4-3-5-12-27/h6-10,13-14,18H,2-5,11-12,15-16H2,1H3,(H,26,28)(H2,23,24,25). The molecule has 3 heterocycles. The number of anilines is 1. The molecule has 0 aliphatic carbocycles. The summed E-state index contributed by atoms with van der Waals surface area (Å²) in [6.45, 7) is 5.53. The van der Waals surface area contributed by atoms with Gasteiger partial charge >= 0.3 is 0 Å². The van der Waals surface area contributed by atoms with Crippen molar-refractivity contribution in [3.63, 3.8) is 0 Å². The molecule has 29 heavy (non-hydrogen) atoms. The number of carbonyl (C=O) groups is 1. The van der Waals surface area contributed by atoms with Gasteiger partial charge in [-0.3, -0.25) is 14.7 Å².